The van der Waals surface area contributed by atoms with Crippen LogP contribution in [-0.4, -0.2) is 25.5 Å². The molecule has 0 bridgehead atoms. The molecule has 1 aromatic carbocycles. The molecule has 0 aliphatic rings. The van der Waals surface area contributed by atoms with E-state index in [1.807, 2.05) is 0 Å². The molecular formula is C15H11ClFN5O2. The lowest BCUT2D eigenvalue weighted by Crippen LogP contribution is -2.30. The van der Waals surface area contributed by atoms with Crippen LogP contribution in [0, 0.1) is 5.82 Å². The van der Waals surface area contributed by atoms with E-state index in [0.29, 0.717) is 11.5 Å². The van der Waals surface area contributed by atoms with Crippen molar-refractivity contribution in [1.82, 2.24) is 19.6 Å². The van der Waals surface area contributed by atoms with Crippen molar-refractivity contribution < 1.29 is 9.18 Å². The summed E-state index contributed by atoms with van der Waals surface area (Å²) >= 11 is 5.66. The minimum Gasteiger partial charge on any atom is -0.324 e. The van der Waals surface area contributed by atoms with E-state index in [0.717, 1.165) is 10.7 Å². The second kappa shape index (κ2) is 6.63. The molecule has 0 aliphatic heterocycles. The van der Waals surface area contributed by atoms with Crippen LogP contribution in [0.5, 0.6) is 0 Å². The van der Waals surface area contributed by atoms with E-state index >= 15 is 0 Å². The minimum absolute atomic E-state index is 0.108. The second-order valence-electron chi connectivity index (χ2n) is 4.82. The maximum Gasteiger partial charge on any atom is 0.267 e. The molecule has 0 saturated carbocycles. The van der Waals surface area contributed by atoms with Crippen LogP contribution in [0.4, 0.5) is 10.1 Å². The van der Waals surface area contributed by atoms with E-state index in [9.17, 15) is 14.0 Å². The summed E-state index contributed by atoms with van der Waals surface area (Å²) in [7, 11) is 0. The van der Waals surface area contributed by atoms with Crippen molar-refractivity contribution >= 4 is 23.2 Å². The van der Waals surface area contributed by atoms with Crippen LogP contribution in [0.25, 0.3) is 5.82 Å². The molecule has 0 radical (unpaired) electrons. The monoisotopic (exact) mass is 347 g/mol. The van der Waals surface area contributed by atoms with Crippen molar-refractivity contribution in [2.75, 3.05) is 5.32 Å². The number of hydrogen-bond donors (Lipinski definition) is 1. The Morgan fingerprint density at radius 3 is 2.83 bits per heavy atom. The molecule has 24 heavy (non-hydrogen) atoms. The van der Waals surface area contributed by atoms with E-state index in [2.05, 4.69) is 15.5 Å². The predicted octanol–water partition coefficient (Wildman–Crippen LogP) is 1.86. The third-order valence-electron chi connectivity index (χ3n) is 3.09. The first kappa shape index (κ1) is 15.9. The fourth-order valence-corrected chi connectivity index (χ4v) is 2.17. The van der Waals surface area contributed by atoms with Crippen molar-refractivity contribution in [3.05, 3.63) is 70.0 Å². The van der Waals surface area contributed by atoms with Gasteiger partial charge in [0, 0.05) is 24.1 Å². The molecule has 0 aliphatic carbocycles. The molecule has 0 fully saturated rings. The van der Waals surface area contributed by atoms with Crippen LogP contribution >= 0.6 is 11.6 Å². The Bertz CT molecular complexity index is 939. The van der Waals surface area contributed by atoms with Crippen LogP contribution in [0.15, 0.2) is 53.6 Å². The molecule has 3 aromatic rings. The molecule has 0 spiro atoms. The molecule has 9 heteroatoms. The van der Waals surface area contributed by atoms with Crippen LogP contribution < -0.4 is 10.9 Å². The Balaban J connectivity index is 1.77. The summed E-state index contributed by atoms with van der Waals surface area (Å²) in [6.45, 7) is -0.303. The average Bonchev–Trinajstić information content (AvgIpc) is 3.07. The highest BCUT2D eigenvalue weighted by Gasteiger charge is 2.09. The van der Waals surface area contributed by atoms with Gasteiger partial charge in [0.25, 0.3) is 5.56 Å². The largest absolute Gasteiger partial charge is 0.324 e. The Labute approximate surface area is 140 Å². The van der Waals surface area contributed by atoms with Crippen molar-refractivity contribution in [2.45, 2.75) is 6.54 Å². The fourth-order valence-electron chi connectivity index (χ4n) is 1.99. The van der Waals surface area contributed by atoms with Gasteiger partial charge in [-0.1, -0.05) is 11.6 Å². The molecule has 1 amide bonds. The third kappa shape index (κ3) is 3.49. The molecular weight excluding hydrogens is 337 g/mol. The third-order valence-corrected chi connectivity index (χ3v) is 3.38. The number of amides is 1. The maximum atomic E-state index is 13.1. The Morgan fingerprint density at radius 2 is 2.12 bits per heavy atom. The van der Waals surface area contributed by atoms with Crippen LogP contribution in [0.1, 0.15) is 0 Å². The summed E-state index contributed by atoms with van der Waals surface area (Å²) in [6, 6.07) is 8.30. The first-order chi connectivity index (χ1) is 11.5. The standard InChI is InChI=1S/C15H11ClFN5O2/c16-11-8-10(2-3-12(11)17)19-14(23)9-22-15(24)5-4-13(20-22)21-7-1-6-18-21/h1-8H,9H2,(H,19,23). The molecule has 7 nitrogen and oxygen atoms in total. The smallest absolute Gasteiger partial charge is 0.267 e. The van der Waals surface area contributed by atoms with E-state index < -0.39 is 17.3 Å². The Kier molecular flexibility index (Phi) is 4.39. The van der Waals surface area contributed by atoms with E-state index in [-0.39, 0.29) is 11.6 Å². The lowest BCUT2D eigenvalue weighted by atomic mass is 10.3. The average molecular weight is 348 g/mol. The van der Waals surface area contributed by atoms with Crippen LogP contribution in [-0.2, 0) is 11.3 Å². The summed E-state index contributed by atoms with van der Waals surface area (Å²) in [5.74, 6) is -0.679. The van der Waals surface area contributed by atoms with Crippen molar-refractivity contribution in [1.29, 1.82) is 0 Å². The van der Waals surface area contributed by atoms with Gasteiger partial charge in [-0.25, -0.2) is 13.8 Å². The van der Waals surface area contributed by atoms with Gasteiger partial charge in [-0.05, 0) is 30.3 Å². The maximum absolute atomic E-state index is 13.1. The van der Waals surface area contributed by atoms with Gasteiger partial charge in [0.05, 0.1) is 5.02 Å². The van der Waals surface area contributed by atoms with Crippen molar-refractivity contribution in [3.8, 4) is 5.82 Å². The first-order valence-electron chi connectivity index (χ1n) is 6.86. The number of halogens is 2. The van der Waals surface area contributed by atoms with Crippen molar-refractivity contribution in [3.63, 3.8) is 0 Å². The number of aromatic nitrogens is 4. The second-order valence-corrected chi connectivity index (χ2v) is 5.22. The lowest BCUT2D eigenvalue weighted by molar-refractivity contribution is -0.117. The van der Waals surface area contributed by atoms with Crippen LogP contribution in [0.3, 0.4) is 0 Å². The zero-order valence-corrected chi connectivity index (χ0v) is 12.9. The Morgan fingerprint density at radius 1 is 1.29 bits per heavy atom. The normalized spacial score (nSPS) is 10.6. The summed E-state index contributed by atoms with van der Waals surface area (Å²) in [6.07, 6.45) is 3.24. The summed E-state index contributed by atoms with van der Waals surface area (Å²) in [5, 5.41) is 10.5. The van der Waals surface area contributed by atoms with Crippen molar-refractivity contribution in [2.24, 2.45) is 0 Å². The molecule has 0 atom stereocenters. The quantitative estimate of drug-likeness (QED) is 0.781. The van der Waals surface area contributed by atoms with E-state index in [4.69, 9.17) is 11.6 Å². The molecule has 2 heterocycles. The number of carbonyl (C=O) groups is 1. The molecule has 0 unspecified atom stereocenters. The molecule has 3 rings (SSSR count). The molecule has 1 N–H and O–H groups in total. The SMILES string of the molecule is O=C(Cn1nc(-n2cccn2)ccc1=O)Nc1ccc(F)c(Cl)c1. The first-order valence-corrected chi connectivity index (χ1v) is 7.24. The highest BCUT2D eigenvalue weighted by atomic mass is 35.5. The van der Waals surface area contributed by atoms with Gasteiger partial charge >= 0.3 is 0 Å². The number of rotatable bonds is 4. The van der Waals surface area contributed by atoms with Gasteiger partial charge in [-0.3, -0.25) is 9.59 Å². The highest BCUT2D eigenvalue weighted by molar-refractivity contribution is 6.31. The van der Waals surface area contributed by atoms with E-state index in [1.165, 1.54) is 28.9 Å². The van der Waals surface area contributed by atoms with Crippen LogP contribution in [0.2, 0.25) is 5.02 Å². The Hall–Kier alpha value is -3.00. The summed E-state index contributed by atoms with van der Waals surface area (Å²) in [4.78, 5) is 23.9. The number of anilines is 1. The highest BCUT2D eigenvalue weighted by Crippen LogP contribution is 2.19. The van der Waals surface area contributed by atoms with Gasteiger partial charge in [0.2, 0.25) is 5.91 Å². The molecule has 0 saturated heterocycles. The van der Waals surface area contributed by atoms with E-state index in [1.54, 1.807) is 18.5 Å². The number of nitrogens with one attached hydrogen (secondary N) is 1. The predicted molar refractivity (Wildman–Crippen MR) is 85.7 cm³/mol. The summed E-state index contributed by atoms with van der Waals surface area (Å²) in [5.41, 5.74) is -0.110. The van der Waals surface area contributed by atoms with Gasteiger partial charge in [-0.15, -0.1) is 5.10 Å². The minimum atomic E-state index is -0.584. The van der Waals surface area contributed by atoms with Gasteiger partial charge in [0.1, 0.15) is 12.4 Å². The number of hydrogen-bond acceptors (Lipinski definition) is 4. The number of nitrogens with zero attached hydrogens (tertiary/aromatic N) is 4. The number of carbonyl (C=O) groups excluding carboxylic acids is 1. The zero-order chi connectivity index (χ0) is 17.1. The fraction of sp³-hybridized carbons (Fsp3) is 0.0667. The van der Waals surface area contributed by atoms with Gasteiger partial charge in [-0.2, -0.15) is 5.10 Å². The number of benzene rings is 1. The topological polar surface area (TPSA) is 81.8 Å². The molecule has 122 valence electrons. The summed E-state index contributed by atoms with van der Waals surface area (Å²) < 4.78 is 15.6. The zero-order valence-electron chi connectivity index (χ0n) is 12.2. The van der Waals surface area contributed by atoms with Gasteiger partial charge in [0.15, 0.2) is 5.82 Å². The van der Waals surface area contributed by atoms with Gasteiger partial charge < -0.3 is 5.32 Å². The molecule has 2 aromatic heterocycles. The lowest BCUT2D eigenvalue weighted by Gasteiger charge is -2.08.